The van der Waals surface area contributed by atoms with E-state index in [0.717, 1.165) is 12.8 Å². The van der Waals surface area contributed by atoms with E-state index in [1.54, 1.807) is 6.92 Å². The predicted octanol–water partition coefficient (Wildman–Crippen LogP) is 1.12. The van der Waals surface area contributed by atoms with Gasteiger partial charge in [-0.1, -0.05) is 0 Å². The summed E-state index contributed by atoms with van der Waals surface area (Å²) < 4.78 is 9.98. The highest BCUT2D eigenvalue weighted by Gasteiger charge is 2.39. The van der Waals surface area contributed by atoms with E-state index < -0.39 is 0 Å². The van der Waals surface area contributed by atoms with E-state index in [1.807, 2.05) is 6.92 Å². The summed E-state index contributed by atoms with van der Waals surface area (Å²) in [6, 6.07) is 0. The van der Waals surface area contributed by atoms with E-state index in [2.05, 4.69) is 0 Å². The molecule has 1 saturated carbocycles. The maximum absolute atomic E-state index is 10.8. The van der Waals surface area contributed by atoms with Crippen molar-refractivity contribution < 1.29 is 14.3 Å². The maximum atomic E-state index is 10.8. The van der Waals surface area contributed by atoms with Crippen LogP contribution in [0, 0.1) is 0 Å². The standard InChI is InChI=1S/C8H14O3/c1-3-10-7(9)6-11-8(2)4-5-8/h3-6H2,1-2H3. The van der Waals surface area contributed by atoms with Gasteiger partial charge in [-0.2, -0.15) is 0 Å². The Morgan fingerprint density at radius 3 is 2.64 bits per heavy atom. The average Bonchev–Trinajstić information content (AvgIpc) is 2.66. The molecule has 1 rings (SSSR count). The van der Waals surface area contributed by atoms with Crippen LogP contribution in [0.2, 0.25) is 0 Å². The summed E-state index contributed by atoms with van der Waals surface area (Å²) in [5.41, 5.74) is -0.0211. The van der Waals surface area contributed by atoms with Crippen molar-refractivity contribution in [1.29, 1.82) is 0 Å². The summed E-state index contributed by atoms with van der Waals surface area (Å²) in [4.78, 5) is 10.8. The van der Waals surface area contributed by atoms with Gasteiger partial charge < -0.3 is 9.47 Å². The summed E-state index contributed by atoms with van der Waals surface area (Å²) in [5, 5.41) is 0. The molecule has 0 N–H and O–H groups in total. The lowest BCUT2D eigenvalue weighted by Gasteiger charge is -2.08. The van der Waals surface area contributed by atoms with Crippen LogP contribution >= 0.6 is 0 Å². The van der Waals surface area contributed by atoms with Gasteiger partial charge in [-0.25, -0.2) is 4.79 Å². The van der Waals surface area contributed by atoms with Gasteiger partial charge in [-0.15, -0.1) is 0 Å². The van der Waals surface area contributed by atoms with Crippen molar-refractivity contribution in [3.63, 3.8) is 0 Å². The van der Waals surface area contributed by atoms with Crippen molar-refractivity contribution in [2.75, 3.05) is 13.2 Å². The highest BCUT2D eigenvalue weighted by Crippen LogP contribution is 2.38. The van der Waals surface area contributed by atoms with Crippen LogP contribution in [0.25, 0.3) is 0 Å². The second-order valence-electron chi connectivity index (χ2n) is 3.04. The second-order valence-corrected chi connectivity index (χ2v) is 3.04. The molecule has 0 aromatic rings. The van der Waals surface area contributed by atoms with Gasteiger partial charge in [0.15, 0.2) is 0 Å². The summed E-state index contributed by atoms with van der Waals surface area (Å²) in [6.07, 6.45) is 2.12. The molecule has 0 radical (unpaired) electrons. The quantitative estimate of drug-likeness (QED) is 0.575. The number of esters is 1. The van der Waals surface area contributed by atoms with Crippen LogP contribution in [0.3, 0.4) is 0 Å². The van der Waals surface area contributed by atoms with Crippen LogP contribution in [-0.2, 0) is 14.3 Å². The Kier molecular flexibility index (Phi) is 2.49. The van der Waals surface area contributed by atoms with E-state index in [-0.39, 0.29) is 18.2 Å². The predicted molar refractivity (Wildman–Crippen MR) is 40.2 cm³/mol. The fraction of sp³-hybridized carbons (Fsp3) is 0.875. The Balaban J connectivity index is 2.06. The first-order valence-corrected chi connectivity index (χ1v) is 3.96. The summed E-state index contributed by atoms with van der Waals surface area (Å²) in [6.45, 7) is 4.33. The fourth-order valence-corrected chi connectivity index (χ4v) is 0.756. The minimum Gasteiger partial charge on any atom is -0.464 e. The molecule has 1 fully saturated rings. The van der Waals surface area contributed by atoms with Gasteiger partial charge in [-0.05, 0) is 26.7 Å². The van der Waals surface area contributed by atoms with Gasteiger partial charge >= 0.3 is 5.97 Å². The number of hydrogen-bond acceptors (Lipinski definition) is 3. The van der Waals surface area contributed by atoms with Crippen LogP contribution in [0.15, 0.2) is 0 Å². The highest BCUT2D eigenvalue weighted by molar-refractivity contribution is 5.70. The number of carbonyl (C=O) groups is 1. The smallest absolute Gasteiger partial charge is 0.332 e. The Bertz CT molecular complexity index is 149. The first-order chi connectivity index (χ1) is 5.16. The lowest BCUT2D eigenvalue weighted by atomic mass is 10.4. The molecule has 0 amide bonds. The topological polar surface area (TPSA) is 35.5 Å². The molecule has 0 saturated heterocycles. The van der Waals surface area contributed by atoms with E-state index >= 15 is 0 Å². The minimum absolute atomic E-state index is 0.0211. The summed E-state index contributed by atoms with van der Waals surface area (Å²) in [5.74, 6) is -0.263. The zero-order valence-corrected chi connectivity index (χ0v) is 7.05. The number of ether oxygens (including phenoxy) is 2. The molecule has 0 spiro atoms. The van der Waals surface area contributed by atoms with Gasteiger partial charge in [0.05, 0.1) is 12.2 Å². The Morgan fingerprint density at radius 1 is 1.55 bits per heavy atom. The molecule has 64 valence electrons. The Hall–Kier alpha value is -0.570. The third kappa shape index (κ3) is 2.89. The molecule has 1 aliphatic rings. The maximum Gasteiger partial charge on any atom is 0.332 e. The first kappa shape index (κ1) is 8.53. The zero-order valence-electron chi connectivity index (χ0n) is 7.05. The van der Waals surface area contributed by atoms with Crippen molar-refractivity contribution in [3.8, 4) is 0 Å². The third-order valence-corrected chi connectivity index (χ3v) is 1.80. The van der Waals surface area contributed by atoms with E-state index in [4.69, 9.17) is 9.47 Å². The van der Waals surface area contributed by atoms with Crippen LogP contribution in [-0.4, -0.2) is 24.8 Å². The van der Waals surface area contributed by atoms with Crippen LogP contribution in [0.4, 0.5) is 0 Å². The molecule has 0 unspecified atom stereocenters. The molecule has 0 heterocycles. The van der Waals surface area contributed by atoms with Crippen molar-refractivity contribution in [1.82, 2.24) is 0 Å². The first-order valence-electron chi connectivity index (χ1n) is 3.96. The molecule has 0 aromatic heterocycles. The van der Waals surface area contributed by atoms with Gasteiger partial charge in [0, 0.05) is 0 Å². The molecule has 1 aliphatic carbocycles. The van der Waals surface area contributed by atoms with Crippen LogP contribution < -0.4 is 0 Å². The molecule has 3 nitrogen and oxygen atoms in total. The van der Waals surface area contributed by atoms with Crippen molar-refractivity contribution in [2.45, 2.75) is 32.3 Å². The van der Waals surface area contributed by atoms with Crippen LogP contribution in [0.5, 0.6) is 0 Å². The molecule has 0 aliphatic heterocycles. The molecule has 0 bridgehead atoms. The van der Waals surface area contributed by atoms with Crippen molar-refractivity contribution in [2.24, 2.45) is 0 Å². The van der Waals surface area contributed by atoms with Gasteiger partial charge in [0.2, 0.25) is 0 Å². The van der Waals surface area contributed by atoms with Gasteiger partial charge in [-0.3, -0.25) is 0 Å². The summed E-state index contributed by atoms with van der Waals surface area (Å²) >= 11 is 0. The molecular formula is C8H14O3. The lowest BCUT2D eigenvalue weighted by Crippen LogP contribution is -2.18. The Labute approximate surface area is 66.7 Å². The number of carbonyl (C=O) groups excluding carboxylic acids is 1. The van der Waals surface area contributed by atoms with E-state index in [1.165, 1.54) is 0 Å². The fourth-order valence-electron chi connectivity index (χ4n) is 0.756. The average molecular weight is 158 g/mol. The van der Waals surface area contributed by atoms with Crippen molar-refractivity contribution >= 4 is 5.97 Å². The van der Waals surface area contributed by atoms with Gasteiger partial charge in [0.1, 0.15) is 6.61 Å². The number of hydrogen-bond donors (Lipinski definition) is 0. The minimum atomic E-state index is -0.263. The second kappa shape index (κ2) is 3.22. The molecule has 3 heteroatoms. The van der Waals surface area contributed by atoms with Crippen LogP contribution in [0.1, 0.15) is 26.7 Å². The zero-order chi connectivity index (χ0) is 8.32. The third-order valence-electron chi connectivity index (χ3n) is 1.80. The molecule has 11 heavy (non-hydrogen) atoms. The molecule has 0 atom stereocenters. The highest BCUT2D eigenvalue weighted by atomic mass is 16.6. The summed E-state index contributed by atoms with van der Waals surface area (Å²) in [7, 11) is 0. The Morgan fingerprint density at radius 2 is 2.18 bits per heavy atom. The van der Waals surface area contributed by atoms with E-state index in [0.29, 0.717) is 6.61 Å². The number of rotatable bonds is 4. The largest absolute Gasteiger partial charge is 0.464 e. The van der Waals surface area contributed by atoms with Crippen molar-refractivity contribution in [3.05, 3.63) is 0 Å². The van der Waals surface area contributed by atoms with Gasteiger partial charge in [0.25, 0.3) is 0 Å². The lowest BCUT2D eigenvalue weighted by molar-refractivity contribution is -0.151. The SMILES string of the molecule is CCOC(=O)COC1(C)CC1. The monoisotopic (exact) mass is 158 g/mol. The molecular weight excluding hydrogens is 144 g/mol. The molecule has 0 aromatic carbocycles. The normalized spacial score (nSPS) is 19.5. The van der Waals surface area contributed by atoms with E-state index in [9.17, 15) is 4.79 Å².